The minimum absolute atomic E-state index is 0.127. The fourth-order valence-electron chi connectivity index (χ4n) is 3.31. The van der Waals surface area contributed by atoms with Gasteiger partial charge in [-0.2, -0.15) is 0 Å². The van der Waals surface area contributed by atoms with Crippen molar-refractivity contribution >= 4 is 5.96 Å². The molecule has 142 valence electrons. The monoisotopic (exact) mass is 365 g/mol. The summed E-state index contributed by atoms with van der Waals surface area (Å²) >= 11 is 0. The molecule has 1 saturated carbocycles. The first-order valence-electron chi connectivity index (χ1n) is 9.69. The Kier molecular flexibility index (Phi) is 5.19. The Hall–Kier alpha value is -2.69. The molecule has 0 radical (unpaired) electrons. The second-order valence-corrected chi connectivity index (χ2v) is 7.44. The smallest absolute Gasteiger partial charge is 0.189 e. The SMILES string of the molecule is Cc1ccc(CN=C(N)NC2CCOc3ccccc32)c(OCC2CC2)c1. The first-order chi connectivity index (χ1) is 13.2. The van der Waals surface area contributed by atoms with Crippen LogP contribution in [0.4, 0.5) is 0 Å². The first kappa shape index (κ1) is 17.7. The van der Waals surface area contributed by atoms with Crippen molar-refractivity contribution in [3.63, 3.8) is 0 Å². The Bertz CT molecular complexity index is 830. The Morgan fingerprint density at radius 2 is 2.07 bits per heavy atom. The summed E-state index contributed by atoms with van der Waals surface area (Å²) in [5, 5.41) is 3.34. The van der Waals surface area contributed by atoms with Crippen molar-refractivity contribution in [3.05, 3.63) is 59.2 Å². The zero-order valence-electron chi connectivity index (χ0n) is 15.8. The van der Waals surface area contributed by atoms with Gasteiger partial charge in [-0.15, -0.1) is 0 Å². The van der Waals surface area contributed by atoms with Crippen molar-refractivity contribution in [2.45, 2.75) is 38.8 Å². The number of aliphatic imine (C=N–C) groups is 1. The number of fused-ring (bicyclic) bond motifs is 1. The molecule has 1 fully saturated rings. The topological polar surface area (TPSA) is 68.9 Å². The van der Waals surface area contributed by atoms with Crippen LogP contribution in [0.15, 0.2) is 47.5 Å². The number of nitrogens with zero attached hydrogens (tertiary/aromatic N) is 1. The average Bonchev–Trinajstić information content (AvgIpc) is 3.50. The summed E-state index contributed by atoms with van der Waals surface area (Å²) in [4.78, 5) is 4.56. The van der Waals surface area contributed by atoms with Gasteiger partial charge in [0.05, 0.1) is 25.8 Å². The van der Waals surface area contributed by atoms with Gasteiger partial charge in [-0.1, -0.05) is 30.3 Å². The Morgan fingerprint density at radius 3 is 2.93 bits per heavy atom. The predicted molar refractivity (Wildman–Crippen MR) is 107 cm³/mol. The fourth-order valence-corrected chi connectivity index (χ4v) is 3.31. The fraction of sp³-hybridized carbons (Fsp3) is 0.409. The molecule has 1 unspecified atom stereocenters. The summed E-state index contributed by atoms with van der Waals surface area (Å²) < 4.78 is 11.7. The minimum atomic E-state index is 0.127. The molecule has 0 spiro atoms. The highest BCUT2D eigenvalue weighted by Gasteiger charge is 2.23. The van der Waals surface area contributed by atoms with Crippen molar-refractivity contribution in [2.75, 3.05) is 13.2 Å². The molecule has 2 aromatic rings. The summed E-state index contributed by atoms with van der Waals surface area (Å²) in [5.41, 5.74) is 9.57. The van der Waals surface area contributed by atoms with Crippen LogP contribution in [0, 0.1) is 12.8 Å². The number of nitrogens with two attached hydrogens (primary N) is 1. The number of para-hydroxylation sites is 1. The van der Waals surface area contributed by atoms with Crippen molar-refractivity contribution in [3.8, 4) is 11.5 Å². The van der Waals surface area contributed by atoms with Crippen molar-refractivity contribution in [1.29, 1.82) is 0 Å². The third kappa shape index (κ3) is 4.54. The third-order valence-corrected chi connectivity index (χ3v) is 5.09. The molecule has 0 amide bonds. The molecule has 1 heterocycles. The lowest BCUT2D eigenvalue weighted by Crippen LogP contribution is -2.37. The van der Waals surface area contributed by atoms with Gasteiger partial charge in [-0.05, 0) is 43.4 Å². The molecule has 0 bridgehead atoms. The maximum absolute atomic E-state index is 6.18. The van der Waals surface area contributed by atoms with Crippen LogP contribution in [-0.4, -0.2) is 19.2 Å². The van der Waals surface area contributed by atoms with Gasteiger partial charge in [0.2, 0.25) is 0 Å². The van der Waals surface area contributed by atoms with Gasteiger partial charge in [0, 0.05) is 17.5 Å². The summed E-state index contributed by atoms with van der Waals surface area (Å²) in [6.45, 7) is 4.06. The van der Waals surface area contributed by atoms with Gasteiger partial charge in [-0.25, -0.2) is 4.99 Å². The highest BCUT2D eigenvalue weighted by molar-refractivity contribution is 5.78. The lowest BCUT2D eigenvalue weighted by molar-refractivity contribution is 0.262. The molecule has 0 aromatic heterocycles. The van der Waals surface area contributed by atoms with Crippen molar-refractivity contribution in [2.24, 2.45) is 16.6 Å². The van der Waals surface area contributed by atoms with Crippen LogP contribution in [0.3, 0.4) is 0 Å². The van der Waals surface area contributed by atoms with Crippen LogP contribution in [0.1, 0.15) is 42.0 Å². The van der Waals surface area contributed by atoms with Gasteiger partial charge in [0.25, 0.3) is 0 Å². The number of hydrogen-bond donors (Lipinski definition) is 2. The van der Waals surface area contributed by atoms with E-state index >= 15 is 0 Å². The maximum Gasteiger partial charge on any atom is 0.189 e. The van der Waals surface area contributed by atoms with E-state index in [1.807, 2.05) is 18.2 Å². The zero-order valence-corrected chi connectivity index (χ0v) is 15.8. The standard InChI is InChI=1S/C22H27N3O2/c1-15-6-9-17(21(12-15)27-14-16-7-8-16)13-24-22(23)25-19-10-11-26-20-5-3-2-4-18(19)20/h2-6,9,12,16,19H,7-8,10-11,13-14H2,1H3,(H3,23,24,25). The van der Waals surface area contributed by atoms with E-state index in [0.29, 0.717) is 19.1 Å². The molecule has 0 saturated heterocycles. The normalized spacial score (nSPS) is 19.1. The van der Waals surface area contributed by atoms with E-state index in [4.69, 9.17) is 15.2 Å². The Morgan fingerprint density at radius 1 is 1.22 bits per heavy atom. The highest BCUT2D eigenvalue weighted by Crippen LogP contribution is 2.32. The number of rotatable bonds is 6. The van der Waals surface area contributed by atoms with Crippen LogP contribution in [0.25, 0.3) is 0 Å². The van der Waals surface area contributed by atoms with E-state index < -0.39 is 0 Å². The van der Waals surface area contributed by atoms with Crippen molar-refractivity contribution < 1.29 is 9.47 Å². The van der Waals surface area contributed by atoms with Gasteiger partial charge < -0.3 is 20.5 Å². The van der Waals surface area contributed by atoms with E-state index in [0.717, 1.165) is 41.6 Å². The number of benzene rings is 2. The average molecular weight is 365 g/mol. The maximum atomic E-state index is 6.18. The minimum Gasteiger partial charge on any atom is -0.493 e. The van der Waals surface area contributed by atoms with E-state index in [9.17, 15) is 0 Å². The van der Waals surface area contributed by atoms with E-state index in [2.05, 4.69) is 41.5 Å². The molecular weight excluding hydrogens is 338 g/mol. The number of hydrogen-bond acceptors (Lipinski definition) is 3. The predicted octanol–water partition coefficient (Wildman–Crippen LogP) is 3.71. The lowest BCUT2D eigenvalue weighted by atomic mass is 10.0. The van der Waals surface area contributed by atoms with Crippen LogP contribution < -0.4 is 20.5 Å². The Labute approximate surface area is 160 Å². The largest absolute Gasteiger partial charge is 0.493 e. The quantitative estimate of drug-likeness (QED) is 0.605. The third-order valence-electron chi connectivity index (χ3n) is 5.09. The number of aryl methyl sites for hydroxylation is 1. The molecule has 1 aliphatic heterocycles. The second-order valence-electron chi connectivity index (χ2n) is 7.44. The first-order valence-corrected chi connectivity index (χ1v) is 9.69. The second kappa shape index (κ2) is 7.91. The highest BCUT2D eigenvalue weighted by atomic mass is 16.5. The summed E-state index contributed by atoms with van der Waals surface area (Å²) in [6.07, 6.45) is 3.43. The van der Waals surface area contributed by atoms with Gasteiger partial charge in [0.1, 0.15) is 11.5 Å². The molecule has 1 aliphatic carbocycles. The lowest BCUT2D eigenvalue weighted by Gasteiger charge is -2.27. The molecule has 27 heavy (non-hydrogen) atoms. The molecule has 2 aromatic carbocycles. The van der Waals surface area contributed by atoms with E-state index in [-0.39, 0.29) is 6.04 Å². The molecular formula is C22H27N3O2. The molecule has 5 nitrogen and oxygen atoms in total. The number of nitrogens with one attached hydrogen (secondary N) is 1. The molecule has 3 N–H and O–H groups in total. The van der Waals surface area contributed by atoms with E-state index in [1.165, 1.54) is 18.4 Å². The molecule has 4 rings (SSSR count). The summed E-state index contributed by atoms with van der Waals surface area (Å²) in [7, 11) is 0. The molecule has 5 heteroatoms. The van der Waals surface area contributed by atoms with Gasteiger partial charge >= 0.3 is 0 Å². The molecule has 2 aliphatic rings. The van der Waals surface area contributed by atoms with Crippen LogP contribution in [0.2, 0.25) is 0 Å². The Balaban J connectivity index is 1.42. The van der Waals surface area contributed by atoms with Crippen LogP contribution >= 0.6 is 0 Å². The van der Waals surface area contributed by atoms with E-state index in [1.54, 1.807) is 0 Å². The van der Waals surface area contributed by atoms with Crippen LogP contribution in [0.5, 0.6) is 11.5 Å². The van der Waals surface area contributed by atoms with Crippen molar-refractivity contribution in [1.82, 2.24) is 5.32 Å². The number of guanidine groups is 1. The van der Waals surface area contributed by atoms with Crippen LogP contribution in [-0.2, 0) is 6.54 Å². The van der Waals surface area contributed by atoms with Gasteiger partial charge in [-0.3, -0.25) is 0 Å². The summed E-state index contributed by atoms with van der Waals surface area (Å²) in [6, 6.07) is 14.5. The van der Waals surface area contributed by atoms with Gasteiger partial charge in [0.15, 0.2) is 5.96 Å². The molecule has 1 atom stereocenters. The zero-order chi connectivity index (χ0) is 18.6. The number of ether oxygens (including phenoxy) is 2. The summed E-state index contributed by atoms with van der Waals surface area (Å²) in [5.74, 6) is 3.02.